The number of rotatable bonds is 6. The van der Waals surface area contributed by atoms with E-state index in [0.29, 0.717) is 23.7 Å². The fourth-order valence-corrected chi connectivity index (χ4v) is 2.41. The van der Waals surface area contributed by atoms with Crippen molar-refractivity contribution in [2.45, 2.75) is 17.1 Å². The first-order valence-corrected chi connectivity index (χ1v) is 6.80. The van der Waals surface area contributed by atoms with Crippen LogP contribution in [0.3, 0.4) is 0 Å². The summed E-state index contributed by atoms with van der Waals surface area (Å²) >= 11 is 0. The number of hydrogen-bond donors (Lipinski definition) is 2. The first-order chi connectivity index (χ1) is 8.56. The van der Waals surface area contributed by atoms with E-state index in [9.17, 15) is 9.00 Å². The van der Waals surface area contributed by atoms with Crippen molar-refractivity contribution in [2.24, 2.45) is 0 Å². The van der Waals surface area contributed by atoms with Gasteiger partial charge in [0.2, 0.25) is 5.91 Å². The normalized spacial score (nSPS) is 13.9. The fourth-order valence-electron chi connectivity index (χ4n) is 1.32. The van der Waals surface area contributed by atoms with E-state index in [2.05, 4.69) is 5.32 Å². The van der Waals surface area contributed by atoms with Crippen molar-refractivity contribution in [3.05, 3.63) is 24.3 Å². The second-order valence-electron chi connectivity index (χ2n) is 3.79. The summed E-state index contributed by atoms with van der Waals surface area (Å²) in [5.41, 5.74) is 6.16. The third-order valence-electron chi connectivity index (χ3n) is 2.41. The predicted molar refractivity (Wildman–Crippen MR) is 71.6 cm³/mol. The Morgan fingerprint density at radius 3 is 2.61 bits per heavy atom. The van der Waals surface area contributed by atoms with E-state index in [1.165, 1.54) is 0 Å². The SMILES string of the molecule is COCCNC(=O)C(C)S(=O)c1ccc(N)cc1. The minimum atomic E-state index is -1.38. The number of hydrogen-bond acceptors (Lipinski definition) is 4. The average Bonchev–Trinajstić information content (AvgIpc) is 2.38. The second kappa shape index (κ2) is 7.13. The molecule has 18 heavy (non-hydrogen) atoms. The monoisotopic (exact) mass is 270 g/mol. The van der Waals surface area contributed by atoms with Crippen LogP contribution in [0.1, 0.15) is 6.92 Å². The van der Waals surface area contributed by atoms with Crippen LogP contribution in [0.5, 0.6) is 0 Å². The first-order valence-electron chi connectivity index (χ1n) is 5.59. The molecule has 3 N–H and O–H groups in total. The predicted octanol–water partition coefficient (Wildman–Crippen LogP) is 0.527. The van der Waals surface area contributed by atoms with Crippen molar-refractivity contribution in [1.82, 2.24) is 5.32 Å². The van der Waals surface area contributed by atoms with Crippen molar-refractivity contribution >= 4 is 22.4 Å². The Bertz CT molecular complexity index is 420. The number of methoxy groups -OCH3 is 1. The Labute approximate surface area is 109 Å². The Hall–Kier alpha value is -1.40. The van der Waals surface area contributed by atoms with Gasteiger partial charge in [-0.2, -0.15) is 0 Å². The number of ether oxygens (including phenoxy) is 1. The molecule has 1 aromatic carbocycles. The lowest BCUT2D eigenvalue weighted by Crippen LogP contribution is -2.37. The van der Waals surface area contributed by atoms with E-state index in [-0.39, 0.29) is 5.91 Å². The lowest BCUT2D eigenvalue weighted by molar-refractivity contribution is -0.120. The molecule has 0 saturated carbocycles. The highest BCUT2D eigenvalue weighted by molar-refractivity contribution is 7.86. The number of carbonyl (C=O) groups is 1. The second-order valence-corrected chi connectivity index (χ2v) is 5.57. The molecular formula is C12H18N2O3S. The van der Waals surface area contributed by atoms with Gasteiger partial charge in [-0.15, -0.1) is 0 Å². The van der Waals surface area contributed by atoms with Crippen molar-refractivity contribution < 1.29 is 13.7 Å². The van der Waals surface area contributed by atoms with Gasteiger partial charge in [-0.1, -0.05) is 0 Å². The number of benzene rings is 1. The van der Waals surface area contributed by atoms with Crippen molar-refractivity contribution in [3.8, 4) is 0 Å². The molecule has 0 spiro atoms. The van der Waals surface area contributed by atoms with Crippen LogP contribution in [0.25, 0.3) is 0 Å². The van der Waals surface area contributed by atoms with E-state index in [0.717, 1.165) is 0 Å². The standard InChI is InChI=1S/C12H18N2O3S/c1-9(12(15)14-7-8-17-2)18(16)11-5-3-10(13)4-6-11/h3-6,9H,7-8,13H2,1-2H3,(H,14,15). The summed E-state index contributed by atoms with van der Waals surface area (Å²) in [7, 11) is 0.177. The summed E-state index contributed by atoms with van der Waals surface area (Å²) in [6, 6.07) is 6.68. The summed E-state index contributed by atoms with van der Waals surface area (Å²) in [6.07, 6.45) is 0. The van der Waals surface area contributed by atoms with Gasteiger partial charge in [0.25, 0.3) is 0 Å². The van der Waals surface area contributed by atoms with Crippen LogP contribution >= 0.6 is 0 Å². The Morgan fingerprint density at radius 2 is 2.06 bits per heavy atom. The third kappa shape index (κ3) is 4.12. The number of nitrogen functional groups attached to an aromatic ring is 1. The first kappa shape index (κ1) is 14.7. The van der Waals surface area contributed by atoms with Crippen LogP contribution in [0.2, 0.25) is 0 Å². The number of carbonyl (C=O) groups excluding carboxylic acids is 1. The zero-order chi connectivity index (χ0) is 13.5. The maximum atomic E-state index is 12.1. The van der Waals surface area contributed by atoms with Crippen LogP contribution in [-0.4, -0.2) is 35.6 Å². The Balaban J connectivity index is 2.60. The summed E-state index contributed by atoms with van der Waals surface area (Å²) in [5, 5.41) is 2.06. The highest BCUT2D eigenvalue weighted by atomic mass is 32.2. The molecule has 5 nitrogen and oxygen atoms in total. The molecule has 100 valence electrons. The quantitative estimate of drug-likeness (QED) is 0.583. The Morgan fingerprint density at radius 1 is 1.44 bits per heavy atom. The van der Waals surface area contributed by atoms with Crippen LogP contribution in [-0.2, 0) is 20.3 Å². The smallest absolute Gasteiger partial charge is 0.235 e. The van der Waals surface area contributed by atoms with Gasteiger partial charge in [0.1, 0.15) is 5.25 Å². The highest BCUT2D eigenvalue weighted by Gasteiger charge is 2.20. The summed E-state index contributed by atoms with van der Waals surface area (Å²) in [6.45, 7) is 2.49. The minimum absolute atomic E-state index is 0.248. The van der Waals surface area contributed by atoms with Crippen molar-refractivity contribution in [3.63, 3.8) is 0 Å². The zero-order valence-corrected chi connectivity index (χ0v) is 11.3. The molecule has 6 heteroatoms. The van der Waals surface area contributed by atoms with Crippen LogP contribution in [0, 0.1) is 0 Å². The lowest BCUT2D eigenvalue weighted by Gasteiger charge is -2.12. The fraction of sp³-hybridized carbons (Fsp3) is 0.417. The molecule has 2 atom stereocenters. The molecule has 0 saturated heterocycles. The van der Waals surface area contributed by atoms with Gasteiger partial charge in [0.05, 0.1) is 17.4 Å². The minimum Gasteiger partial charge on any atom is -0.399 e. The Kier molecular flexibility index (Phi) is 5.80. The van der Waals surface area contributed by atoms with Gasteiger partial charge < -0.3 is 15.8 Å². The van der Waals surface area contributed by atoms with Crippen LogP contribution in [0.4, 0.5) is 5.69 Å². The molecule has 0 aliphatic carbocycles. The molecule has 0 aromatic heterocycles. The number of anilines is 1. The maximum absolute atomic E-state index is 12.1. The van der Waals surface area contributed by atoms with Gasteiger partial charge in [-0.05, 0) is 31.2 Å². The number of amides is 1. The van der Waals surface area contributed by atoms with E-state index in [1.54, 1.807) is 38.3 Å². The molecule has 0 aliphatic rings. The molecule has 2 unspecified atom stereocenters. The van der Waals surface area contributed by atoms with Crippen LogP contribution in [0.15, 0.2) is 29.2 Å². The molecule has 1 amide bonds. The molecule has 1 rings (SSSR count). The number of nitrogens with two attached hydrogens (primary N) is 1. The molecule has 0 heterocycles. The summed E-state index contributed by atoms with van der Waals surface area (Å²) in [4.78, 5) is 12.3. The van der Waals surface area contributed by atoms with Gasteiger partial charge in [-0.3, -0.25) is 9.00 Å². The molecule has 0 radical (unpaired) electrons. The van der Waals surface area contributed by atoms with Crippen molar-refractivity contribution in [1.29, 1.82) is 0 Å². The van der Waals surface area contributed by atoms with E-state index in [4.69, 9.17) is 10.5 Å². The van der Waals surface area contributed by atoms with Gasteiger partial charge in [0, 0.05) is 24.2 Å². The topological polar surface area (TPSA) is 81.4 Å². The average molecular weight is 270 g/mol. The van der Waals surface area contributed by atoms with Crippen molar-refractivity contribution in [2.75, 3.05) is 26.0 Å². The lowest BCUT2D eigenvalue weighted by atomic mass is 10.3. The molecule has 1 aromatic rings. The van der Waals surface area contributed by atoms with Gasteiger partial charge >= 0.3 is 0 Å². The third-order valence-corrected chi connectivity index (χ3v) is 4.00. The molecule has 0 fully saturated rings. The van der Waals surface area contributed by atoms with E-state index < -0.39 is 16.0 Å². The highest BCUT2D eigenvalue weighted by Crippen LogP contribution is 2.13. The zero-order valence-electron chi connectivity index (χ0n) is 10.5. The summed E-state index contributed by atoms with van der Waals surface area (Å²) < 4.78 is 16.9. The molecular weight excluding hydrogens is 252 g/mol. The van der Waals surface area contributed by atoms with Gasteiger partial charge in [-0.25, -0.2) is 0 Å². The van der Waals surface area contributed by atoms with Gasteiger partial charge in [0.15, 0.2) is 0 Å². The summed E-state index contributed by atoms with van der Waals surface area (Å²) in [5.74, 6) is -0.248. The maximum Gasteiger partial charge on any atom is 0.235 e. The van der Waals surface area contributed by atoms with E-state index >= 15 is 0 Å². The largest absolute Gasteiger partial charge is 0.399 e. The van der Waals surface area contributed by atoms with Crippen LogP contribution < -0.4 is 11.1 Å². The van der Waals surface area contributed by atoms with E-state index in [1.807, 2.05) is 0 Å². The number of nitrogens with one attached hydrogen (secondary N) is 1. The molecule has 0 bridgehead atoms. The molecule has 0 aliphatic heterocycles.